The molecule has 4 atom stereocenters. The Morgan fingerprint density at radius 3 is 2.09 bits per heavy atom. The van der Waals surface area contributed by atoms with Crippen LogP contribution in [0.4, 0.5) is 8.78 Å². The average Bonchev–Trinajstić information content (AvgIpc) is 2.82. The van der Waals surface area contributed by atoms with Crippen LogP contribution in [0.2, 0.25) is 0 Å². The van der Waals surface area contributed by atoms with Crippen LogP contribution < -0.4 is 0 Å². The quantitative estimate of drug-likeness (QED) is 0.352. The summed E-state index contributed by atoms with van der Waals surface area (Å²) in [6, 6.07) is 3.27. The fourth-order valence-electron chi connectivity index (χ4n) is 7.44. The Balaban J connectivity index is 1.30. The number of halogens is 2. The highest BCUT2D eigenvalue weighted by Crippen LogP contribution is 2.51. The van der Waals surface area contributed by atoms with Crippen molar-refractivity contribution in [2.24, 2.45) is 29.6 Å². The second-order valence-electron chi connectivity index (χ2n) is 11.3. The molecule has 4 unspecified atom stereocenters. The van der Waals surface area contributed by atoms with Crippen molar-refractivity contribution in [3.05, 3.63) is 47.5 Å². The van der Waals surface area contributed by atoms with Gasteiger partial charge in [-0.05, 0) is 117 Å². The Kier molecular flexibility index (Phi) is 8.46. The lowest BCUT2D eigenvalue weighted by Crippen LogP contribution is -2.34. The van der Waals surface area contributed by atoms with Crippen LogP contribution in [-0.4, -0.2) is 0 Å². The smallest absolute Gasteiger partial charge is 0.129 e. The van der Waals surface area contributed by atoms with Crippen molar-refractivity contribution in [3.63, 3.8) is 0 Å². The predicted octanol–water partition coefficient (Wildman–Crippen LogP) is 9.38. The van der Waals surface area contributed by atoms with Crippen molar-refractivity contribution in [3.8, 4) is 0 Å². The molecule has 0 N–H and O–H groups in total. The average molecular weight is 443 g/mol. The van der Waals surface area contributed by atoms with E-state index in [4.69, 9.17) is 0 Å². The normalized spacial score (nSPS) is 33.0. The molecule has 4 rings (SSSR count). The number of benzene rings is 1. The molecule has 1 aromatic carbocycles. The maximum Gasteiger partial charge on any atom is 0.129 e. The SMILES string of the molecule is C=CCCc1c(F)cc(C2CCC3CC(C4CCC(CCCC)CC4)CCC3C2)cc1F. The molecule has 178 valence electrons. The number of rotatable bonds is 8. The number of hydrogen-bond donors (Lipinski definition) is 0. The molecule has 3 aliphatic carbocycles. The van der Waals surface area contributed by atoms with Gasteiger partial charge in [0.15, 0.2) is 0 Å². The Bertz CT molecular complexity index is 722. The summed E-state index contributed by atoms with van der Waals surface area (Å²) in [5.74, 6) is 4.14. The zero-order valence-electron chi connectivity index (χ0n) is 20.3. The van der Waals surface area contributed by atoms with Gasteiger partial charge in [0.1, 0.15) is 11.6 Å². The lowest BCUT2D eigenvalue weighted by Gasteiger charge is -2.45. The molecule has 0 nitrogen and oxygen atoms in total. The molecule has 0 aliphatic heterocycles. The Labute approximate surface area is 195 Å². The highest BCUT2D eigenvalue weighted by atomic mass is 19.1. The summed E-state index contributed by atoms with van der Waals surface area (Å²) in [4.78, 5) is 0. The van der Waals surface area contributed by atoms with Gasteiger partial charge in [-0.3, -0.25) is 0 Å². The van der Waals surface area contributed by atoms with Crippen LogP contribution in [0.1, 0.15) is 114 Å². The van der Waals surface area contributed by atoms with Crippen molar-refractivity contribution >= 4 is 0 Å². The van der Waals surface area contributed by atoms with Gasteiger partial charge < -0.3 is 0 Å². The third-order valence-electron chi connectivity index (χ3n) is 9.41. The van der Waals surface area contributed by atoms with E-state index in [1.165, 1.54) is 70.6 Å². The maximum absolute atomic E-state index is 14.6. The molecule has 0 aromatic heterocycles. The molecule has 1 aromatic rings. The summed E-state index contributed by atoms with van der Waals surface area (Å²) >= 11 is 0. The van der Waals surface area contributed by atoms with Gasteiger partial charge in [0, 0.05) is 5.56 Å². The summed E-state index contributed by atoms with van der Waals surface area (Å²) in [6.07, 6.45) is 20.4. The van der Waals surface area contributed by atoms with Crippen molar-refractivity contribution in [1.29, 1.82) is 0 Å². The zero-order valence-corrected chi connectivity index (χ0v) is 20.3. The first-order chi connectivity index (χ1) is 15.6. The van der Waals surface area contributed by atoms with Gasteiger partial charge in [-0.25, -0.2) is 8.78 Å². The maximum atomic E-state index is 14.6. The minimum Gasteiger partial charge on any atom is -0.207 e. The third-order valence-corrected chi connectivity index (χ3v) is 9.41. The molecular weight excluding hydrogens is 398 g/mol. The molecule has 0 spiro atoms. The number of fused-ring (bicyclic) bond motifs is 1. The van der Waals surface area contributed by atoms with Crippen LogP contribution in [-0.2, 0) is 6.42 Å². The van der Waals surface area contributed by atoms with E-state index < -0.39 is 0 Å². The molecule has 0 radical (unpaired) electrons. The fraction of sp³-hybridized carbons (Fsp3) is 0.733. The molecule has 3 aliphatic rings. The molecule has 3 fully saturated rings. The lowest BCUT2D eigenvalue weighted by atomic mass is 9.60. The van der Waals surface area contributed by atoms with Crippen molar-refractivity contribution in [1.82, 2.24) is 0 Å². The van der Waals surface area contributed by atoms with E-state index in [0.29, 0.717) is 18.8 Å². The predicted molar refractivity (Wildman–Crippen MR) is 131 cm³/mol. The molecular formula is C30H44F2. The second kappa shape index (κ2) is 11.3. The van der Waals surface area contributed by atoms with Gasteiger partial charge in [0.2, 0.25) is 0 Å². The molecule has 3 saturated carbocycles. The van der Waals surface area contributed by atoms with E-state index >= 15 is 0 Å². The number of hydrogen-bond acceptors (Lipinski definition) is 0. The highest BCUT2D eigenvalue weighted by molar-refractivity contribution is 5.29. The summed E-state index contributed by atoms with van der Waals surface area (Å²) < 4.78 is 29.2. The zero-order chi connectivity index (χ0) is 22.5. The monoisotopic (exact) mass is 442 g/mol. The van der Waals surface area contributed by atoms with Crippen molar-refractivity contribution < 1.29 is 8.78 Å². The molecule has 0 saturated heterocycles. The first-order valence-electron chi connectivity index (χ1n) is 13.7. The standard InChI is InChI=1S/C30H44F2/c1-3-5-7-21-9-11-22(12-10-21)23-13-14-25-18-26(16-15-24(25)17-23)27-19-29(31)28(8-6-4-2)30(32)20-27/h4,19-26H,2-3,5-18H2,1H3. The summed E-state index contributed by atoms with van der Waals surface area (Å²) in [5.41, 5.74) is 1.13. The molecule has 0 heterocycles. The molecule has 0 amide bonds. The second-order valence-corrected chi connectivity index (χ2v) is 11.3. The Morgan fingerprint density at radius 1 is 0.844 bits per heavy atom. The first kappa shape index (κ1) is 24.0. The van der Waals surface area contributed by atoms with E-state index in [9.17, 15) is 8.78 Å². The van der Waals surface area contributed by atoms with Crippen LogP contribution in [0.5, 0.6) is 0 Å². The first-order valence-corrected chi connectivity index (χ1v) is 13.7. The van der Waals surface area contributed by atoms with E-state index in [1.807, 2.05) is 0 Å². The van der Waals surface area contributed by atoms with Crippen molar-refractivity contribution in [2.75, 3.05) is 0 Å². The third kappa shape index (κ3) is 5.65. The van der Waals surface area contributed by atoms with E-state index in [2.05, 4.69) is 13.5 Å². The summed E-state index contributed by atoms with van der Waals surface area (Å²) in [5, 5.41) is 0. The van der Waals surface area contributed by atoms with E-state index in [-0.39, 0.29) is 17.2 Å². The number of allylic oxidation sites excluding steroid dienone is 1. The van der Waals surface area contributed by atoms with Crippen LogP contribution in [0.3, 0.4) is 0 Å². The van der Waals surface area contributed by atoms with Gasteiger partial charge in [0.25, 0.3) is 0 Å². The van der Waals surface area contributed by atoms with Gasteiger partial charge >= 0.3 is 0 Å². The van der Waals surface area contributed by atoms with Crippen LogP contribution in [0, 0.1) is 41.2 Å². The molecule has 2 heteroatoms. The van der Waals surface area contributed by atoms with Gasteiger partial charge in [-0.2, -0.15) is 0 Å². The molecule has 0 bridgehead atoms. The number of unbranched alkanes of at least 4 members (excludes halogenated alkanes) is 1. The van der Waals surface area contributed by atoms with Crippen LogP contribution in [0.15, 0.2) is 24.8 Å². The topological polar surface area (TPSA) is 0 Å². The van der Waals surface area contributed by atoms with Gasteiger partial charge in [-0.15, -0.1) is 6.58 Å². The summed E-state index contributed by atoms with van der Waals surface area (Å²) in [7, 11) is 0. The van der Waals surface area contributed by atoms with Crippen LogP contribution in [0.25, 0.3) is 0 Å². The minimum absolute atomic E-state index is 0.229. The Morgan fingerprint density at radius 2 is 1.44 bits per heavy atom. The highest BCUT2D eigenvalue weighted by Gasteiger charge is 2.39. The largest absolute Gasteiger partial charge is 0.207 e. The molecule has 32 heavy (non-hydrogen) atoms. The summed E-state index contributed by atoms with van der Waals surface area (Å²) in [6.45, 7) is 5.98. The van der Waals surface area contributed by atoms with Gasteiger partial charge in [0.05, 0.1) is 0 Å². The fourth-order valence-corrected chi connectivity index (χ4v) is 7.44. The lowest BCUT2D eigenvalue weighted by molar-refractivity contribution is 0.0710. The Hall–Kier alpha value is -1.18. The van der Waals surface area contributed by atoms with Gasteiger partial charge in [-0.1, -0.05) is 45.1 Å². The van der Waals surface area contributed by atoms with Crippen molar-refractivity contribution in [2.45, 2.75) is 109 Å². The van der Waals surface area contributed by atoms with E-state index in [1.54, 1.807) is 18.2 Å². The van der Waals surface area contributed by atoms with Crippen LogP contribution >= 0.6 is 0 Å². The van der Waals surface area contributed by atoms with E-state index in [0.717, 1.165) is 48.0 Å². The minimum atomic E-state index is -0.359.